The molecule has 1 unspecified atom stereocenters. The van der Waals surface area contributed by atoms with Crippen molar-refractivity contribution >= 4 is 17.2 Å². The molecule has 0 aliphatic carbocycles. The molecule has 1 aromatic rings. The second-order valence-electron chi connectivity index (χ2n) is 4.36. The van der Waals surface area contributed by atoms with E-state index in [1.54, 1.807) is 18.4 Å². The molecule has 1 amide bonds. The van der Waals surface area contributed by atoms with Crippen LogP contribution in [0.2, 0.25) is 0 Å². The van der Waals surface area contributed by atoms with Crippen LogP contribution in [0, 0.1) is 0 Å². The zero-order valence-corrected chi connectivity index (χ0v) is 11.7. The number of amides is 1. The van der Waals surface area contributed by atoms with Crippen LogP contribution in [-0.4, -0.2) is 44.3 Å². The number of hydrogen-bond acceptors (Lipinski definition) is 4. The molecule has 0 spiro atoms. The molecule has 4 nitrogen and oxygen atoms in total. The second-order valence-corrected chi connectivity index (χ2v) is 5.36. The van der Waals surface area contributed by atoms with Gasteiger partial charge in [0, 0.05) is 18.5 Å². The van der Waals surface area contributed by atoms with Crippen LogP contribution in [0.1, 0.15) is 23.4 Å². The van der Waals surface area contributed by atoms with Crippen molar-refractivity contribution in [3.63, 3.8) is 0 Å². The van der Waals surface area contributed by atoms with E-state index in [0.29, 0.717) is 13.2 Å². The highest BCUT2D eigenvalue weighted by atomic mass is 32.1. The smallest absolute Gasteiger partial charge is 0.249 e. The van der Waals surface area contributed by atoms with Crippen molar-refractivity contribution in [2.75, 3.05) is 33.5 Å². The molecule has 0 saturated heterocycles. The monoisotopic (exact) mass is 269 g/mol. The van der Waals surface area contributed by atoms with E-state index < -0.39 is 0 Å². The average molecular weight is 269 g/mol. The molecule has 0 radical (unpaired) electrons. The lowest BCUT2D eigenvalue weighted by molar-refractivity contribution is -0.139. The third-order valence-corrected chi connectivity index (χ3v) is 4.25. The van der Waals surface area contributed by atoms with Crippen LogP contribution in [0.25, 0.3) is 0 Å². The number of methoxy groups -OCH3 is 1. The molecular formula is C13H19NO3S. The highest BCUT2D eigenvalue weighted by Crippen LogP contribution is 2.32. The van der Waals surface area contributed by atoms with Crippen molar-refractivity contribution < 1.29 is 14.3 Å². The normalized spacial score (nSPS) is 18.8. The minimum absolute atomic E-state index is 0.0652. The molecule has 2 heterocycles. The first-order valence-electron chi connectivity index (χ1n) is 6.16. The van der Waals surface area contributed by atoms with E-state index >= 15 is 0 Å². The van der Waals surface area contributed by atoms with Gasteiger partial charge in [0.2, 0.25) is 5.91 Å². The van der Waals surface area contributed by atoms with Crippen LogP contribution in [-0.2, 0) is 20.7 Å². The standard InChI is InChI=1S/C13H19NO3S/c1-10-11-4-8-18-12(11)3-5-14(10)13(15)9-17-7-6-16-2/h4,8,10H,3,5-7,9H2,1-2H3. The summed E-state index contributed by atoms with van der Waals surface area (Å²) < 4.78 is 10.2. The van der Waals surface area contributed by atoms with Gasteiger partial charge in [-0.2, -0.15) is 0 Å². The topological polar surface area (TPSA) is 38.8 Å². The summed E-state index contributed by atoms with van der Waals surface area (Å²) in [6.07, 6.45) is 0.959. The molecule has 0 aromatic carbocycles. The molecule has 1 aliphatic heterocycles. The van der Waals surface area contributed by atoms with Crippen molar-refractivity contribution in [1.29, 1.82) is 0 Å². The molecule has 0 saturated carbocycles. The highest BCUT2D eigenvalue weighted by Gasteiger charge is 2.27. The molecule has 0 N–H and O–H groups in total. The molecule has 2 rings (SSSR count). The van der Waals surface area contributed by atoms with Crippen molar-refractivity contribution in [1.82, 2.24) is 4.90 Å². The highest BCUT2D eigenvalue weighted by molar-refractivity contribution is 7.10. The molecule has 0 bridgehead atoms. The predicted octanol–water partition coefficient (Wildman–Crippen LogP) is 1.86. The summed E-state index contributed by atoms with van der Waals surface area (Å²) in [5, 5.41) is 2.10. The Morgan fingerprint density at radius 1 is 1.56 bits per heavy atom. The molecule has 0 fully saturated rings. The van der Waals surface area contributed by atoms with E-state index in [2.05, 4.69) is 18.4 Å². The predicted molar refractivity (Wildman–Crippen MR) is 70.8 cm³/mol. The lowest BCUT2D eigenvalue weighted by Gasteiger charge is -2.33. The van der Waals surface area contributed by atoms with Gasteiger partial charge in [-0.05, 0) is 30.4 Å². The first-order valence-corrected chi connectivity index (χ1v) is 7.04. The Balaban J connectivity index is 1.88. The van der Waals surface area contributed by atoms with Crippen molar-refractivity contribution in [2.45, 2.75) is 19.4 Å². The van der Waals surface area contributed by atoms with Gasteiger partial charge < -0.3 is 14.4 Å². The fourth-order valence-electron chi connectivity index (χ4n) is 2.23. The van der Waals surface area contributed by atoms with Gasteiger partial charge in [0.25, 0.3) is 0 Å². The number of nitrogens with zero attached hydrogens (tertiary/aromatic N) is 1. The number of thiophene rings is 1. The van der Waals surface area contributed by atoms with E-state index in [1.165, 1.54) is 10.4 Å². The third kappa shape index (κ3) is 2.91. The Labute approximate surface area is 111 Å². The van der Waals surface area contributed by atoms with Gasteiger partial charge in [-0.3, -0.25) is 4.79 Å². The van der Waals surface area contributed by atoms with Gasteiger partial charge >= 0.3 is 0 Å². The summed E-state index contributed by atoms with van der Waals surface area (Å²) >= 11 is 1.78. The van der Waals surface area contributed by atoms with Gasteiger partial charge in [0.05, 0.1) is 19.3 Å². The van der Waals surface area contributed by atoms with Crippen LogP contribution in [0.3, 0.4) is 0 Å². The SMILES string of the molecule is COCCOCC(=O)N1CCc2sccc2C1C. The van der Waals surface area contributed by atoms with Gasteiger partial charge in [-0.25, -0.2) is 0 Å². The van der Waals surface area contributed by atoms with E-state index in [-0.39, 0.29) is 18.6 Å². The van der Waals surface area contributed by atoms with Crippen molar-refractivity contribution in [3.8, 4) is 0 Å². The molecule has 1 aromatic heterocycles. The van der Waals surface area contributed by atoms with Gasteiger partial charge in [0.1, 0.15) is 6.61 Å². The number of fused-ring (bicyclic) bond motifs is 1. The summed E-state index contributed by atoms with van der Waals surface area (Å²) in [4.78, 5) is 15.4. The van der Waals surface area contributed by atoms with Gasteiger partial charge in [0.15, 0.2) is 0 Å². The van der Waals surface area contributed by atoms with Crippen LogP contribution < -0.4 is 0 Å². The summed E-state index contributed by atoms with van der Waals surface area (Å²) in [6.45, 7) is 4.01. The minimum Gasteiger partial charge on any atom is -0.382 e. The zero-order chi connectivity index (χ0) is 13.0. The summed E-state index contributed by atoms with van der Waals surface area (Å²) in [5.41, 5.74) is 1.29. The molecule has 5 heteroatoms. The first-order chi connectivity index (χ1) is 8.74. The maximum Gasteiger partial charge on any atom is 0.249 e. The average Bonchev–Trinajstić information content (AvgIpc) is 2.84. The quantitative estimate of drug-likeness (QED) is 0.766. The Morgan fingerprint density at radius 2 is 2.39 bits per heavy atom. The molecule has 18 heavy (non-hydrogen) atoms. The Morgan fingerprint density at radius 3 is 3.17 bits per heavy atom. The van der Waals surface area contributed by atoms with Crippen molar-refractivity contribution in [2.24, 2.45) is 0 Å². The maximum atomic E-state index is 12.1. The molecule has 1 aliphatic rings. The van der Waals surface area contributed by atoms with E-state index in [9.17, 15) is 4.79 Å². The fourth-order valence-corrected chi connectivity index (χ4v) is 3.20. The summed E-state index contributed by atoms with van der Waals surface area (Å²) in [6, 6.07) is 2.29. The number of hydrogen-bond donors (Lipinski definition) is 0. The second kappa shape index (κ2) is 6.31. The van der Waals surface area contributed by atoms with Crippen LogP contribution in [0.4, 0.5) is 0 Å². The molecule has 100 valence electrons. The minimum atomic E-state index is 0.0652. The lowest BCUT2D eigenvalue weighted by Crippen LogP contribution is -2.40. The van der Waals surface area contributed by atoms with Crippen molar-refractivity contribution in [3.05, 3.63) is 21.9 Å². The number of ether oxygens (including phenoxy) is 2. The number of carbonyl (C=O) groups is 1. The number of rotatable bonds is 5. The number of carbonyl (C=O) groups excluding carboxylic acids is 1. The van der Waals surface area contributed by atoms with Crippen LogP contribution >= 0.6 is 11.3 Å². The van der Waals surface area contributed by atoms with E-state index in [4.69, 9.17) is 9.47 Å². The van der Waals surface area contributed by atoms with Crippen LogP contribution in [0.5, 0.6) is 0 Å². The lowest BCUT2D eigenvalue weighted by atomic mass is 10.0. The largest absolute Gasteiger partial charge is 0.382 e. The Kier molecular flexibility index (Phi) is 4.74. The Bertz CT molecular complexity index is 405. The maximum absolute atomic E-state index is 12.1. The fraction of sp³-hybridized carbons (Fsp3) is 0.615. The van der Waals surface area contributed by atoms with Gasteiger partial charge in [-0.1, -0.05) is 0 Å². The summed E-state index contributed by atoms with van der Waals surface area (Å²) in [5.74, 6) is 0.0652. The third-order valence-electron chi connectivity index (χ3n) is 3.25. The van der Waals surface area contributed by atoms with E-state index in [1.807, 2.05) is 4.90 Å². The Hall–Kier alpha value is -0.910. The first kappa shape index (κ1) is 13.5. The molecule has 1 atom stereocenters. The van der Waals surface area contributed by atoms with Crippen LogP contribution in [0.15, 0.2) is 11.4 Å². The van der Waals surface area contributed by atoms with Gasteiger partial charge in [-0.15, -0.1) is 11.3 Å². The molecular weight excluding hydrogens is 250 g/mol. The summed E-state index contributed by atoms with van der Waals surface area (Å²) in [7, 11) is 1.62. The van der Waals surface area contributed by atoms with E-state index in [0.717, 1.165) is 13.0 Å². The zero-order valence-electron chi connectivity index (χ0n) is 10.8.